The van der Waals surface area contributed by atoms with Crippen molar-refractivity contribution in [1.29, 1.82) is 0 Å². The number of benzene rings is 1. The lowest BCUT2D eigenvalue weighted by molar-refractivity contribution is -0.0230. The number of aliphatic hydroxyl groups is 1. The van der Waals surface area contributed by atoms with Crippen molar-refractivity contribution in [2.24, 2.45) is 0 Å². The minimum atomic E-state index is -0.440. The van der Waals surface area contributed by atoms with Crippen LogP contribution < -0.4 is 10.1 Å². The van der Waals surface area contributed by atoms with E-state index >= 15 is 0 Å². The molecular formula is C17H27NO3. The van der Waals surface area contributed by atoms with E-state index in [1.54, 1.807) is 7.11 Å². The van der Waals surface area contributed by atoms with Crippen LogP contribution >= 0.6 is 0 Å². The summed E-state index contributed by atoms with van der Waals surface area (Å²) < 4.78 is 10.9. The van der Waals surface area contributed by atoms with Crippen molar-refractivity contribution in [3.63, 3.8) is 0 Å². The molecule has 1 atom stereocenters. The fourth-order valence-corrected chi connectivity index (χ4v) is 2.66. The highest BCUT2D eigenvalue weighted by Crippen LogP contribution is 2.20. The van der Waals surface area contributed by atoms with Crippen molar-refractivity contribution in [1.82, 2.24) is 5.32 Å². The molecule has 0 radical (unpaired) electrons. The molecule has 0 aromatic heterocycles. The Kier molecular flexibility index (Phi) is 7.00. The smallest absolute Gasteiger partial charge is 0.118 e. The Balaban J connectivity index is 1.58. The molecule has 118 valence electrons. The van der Waals surface area contributed by atoms with Crippen LogP contribution in [0.3, 0.4) is 0 Å². The van der Waals surface area contributed by atoms with E-state index in [1.807, 2.05) is 24.3 Å². The lowest BCUT2D eigenvalue weighted by Gasteiger charge is -2.23. The first-order valence-electron chi connectivity index (χ1n) is 7.91. The second kappa shape index (κ2) is 9.03. The number of hydrogen-bond donors (Lipinski definition) is 2. The predicted molar refractivity (Wildman–Crippen MR) is 83.5 cm³/mol. The fourth-order valence-electron chi connectivity index (χ4n) is 2.66. The van der Waals surface area contributed by atoms with Gasteiger partial charge < -0.3 is 19.9 Å². The normalized spacial score (nSPS) is 17.6. The zero-order chi connectivity index (χ0) is 14.9. The molecule has 1 aromatic carbocycles. The number of hydrogen-bond acceptors (Lipinski definition) is 4. The molecule has 1 unspecified atom stereocenters. The Bertz CT molecular complexity index is 388. The molecule has 0 saturated heterocycles. The number of rotatable bonds is 8. The summed E-state index contributed by atoms with van der Waals surface area (Å²) in [6.07, 6.45) is 6.05. The number of methoxy groups -OCH3 is 1. The highest BCUT2D eigenvalue weighted by molar-refractivity contribution is 5.26. The minimum absolute atomic E-state index is 0.356. The van der Waals surface area contributed by atoms with Gasteiger partial charge in [0.05, 0.1) is 25.9 Å². The molecule has 2 N–H and O–H groups in total. The monoisotopic (exact) mass is 293 g/mol. The summed E-state index contributed by atoms with van der Waals surface area (Å²) in [5.41, 5.74) is 1.18. The van der Waals surface area contributed by atoms with E-state index in [0.29, 0.717) is 19.3 Å². The van der Waals surface area contributed by atoms with Crippen LogP contribution in [0.5, 0.6) is 5.75 Å². The highest BCUT2D eigenvalue weighted by atomic mass is 16.5. The zero-order valence-corrected chi connectivity index (χ0v) is 12.9. The molecule has 2 rings (SSSR count). The van der Waals surface area contributed by atoms with Gasteiger partial charge in [0.2, 0.25) is 0 Å². The second-order valence-electron chi connectivity index (χ2n) is 5.73. The molecule has 4 heteroatoms. The third kappa shape index (κ3) is 6.04. The van der Waals surface area contributed by atoms with Crippen molar-refractivity contribution in [2.75, 3.05) is 20.3 Å². The van der Waals surface area contributed by atoms with Crippen LogP contribution in [0.15, 0.2) is 24.3 Å². The minimum Gasteiger partial charge on any atom is -0.497 e. The first-order valence-corrected chi connectivity index (χ1v) is 7.91. The summed E-state index contributed by atoms with van der Waals surface area (Å²) in [7, 11) is 1.66. The Morgan fingerprint density at radius 1 is 1.19 bits per heavy atom. The SMILES string of the molecule is COc1ccc(CNCC(O)COC2CCCCC2)cc1. The molecule has 1 aromatic rings. The van der Waals surface area contributed by atoms with E-state index in [1.165, 1.54) is 24.8 Å². The van der Waals surface area contributed by atoms with E-state index in [0.717, 1.165) is 25.1 Å². The van der Waals surface area contributed by atoms with Crippen molar-refractivity contribution in [3.8, 4) is 5.75 Å². The fraction of sp³-hybridized carbons (Fsp3) is 0.647. The van der Waals surface area contributed by atoms with Gasteiger partial charge >= 0.3 is 0 Å². The summed E-state index contributed by atoms with van der Waals surface area (Å²) in [4.78, 5) is 0. The van der Waals surface area contributed by atoms with Gasteiger partial charge in [-0.2, -0.15) is 0 Å². The molecule has 4 nitrogen and oxygen atoms in total. The van der Waals surface area contributed by atoms with Crippen LogP contribution in [0.4, 0.5) is 0 Å². The Morgan fingerprint density at radius 3 is 2.57 bits per heavy atom. The summed E-state index contributed by atoms with van der Waals surface area (Å²) in [5, 5.41) is 13.2. The maximum atomic E-state index is 9.93. The molecule has 1 fully saturated rings. The van der Waals surface area contributed by atoms with Gasteiger partial charge in [0.25, 0.3) is 0 Å². The number of aliphatic hydroxyl groups excluding tert-OH is 1. The molecular weight excluding hydrogens is 266 g/mol. The molecule has 0 heterocycles. The van der Waals surface area contributed by atoms with Gasteiger partial charge in [-0.15, -0.1) is 0 Å². The van der Waals surface area contributed by atoms with Gasteiger partial charge in [-0.25, -0.2) is 0 Å². The standard InChI is InChI=1S/C17H27NO3/c1-20-16-9-7-14(8-10-16)11-18-12-15(19)13-21-17-5-3-2-4-6-17/h7-10,15,17-19H,2-6,11-13H2,1H3. The van der Waals surface area contributed by atoms with Gasteiger partial charge in [0.1, 0.15) is 5.75 Å². The Morgan fingerprint density at radius 2 is 1.90 bits per heavy atom. The molecule has 0 amide bonds. The third-order valence-electron chi connectivity index (χ3n) is 3.94. The summed E-state index contributed by atoms with van der Waals surface area (Å²) >= 11 is 0. The van der Waals surface area contributed by atoms with Crippen LogP contribution in [0, 0.1) is 0 Å². The number of nitrogens with one attached hydrogen (secondary N) is 1. The van der Waals surface area contributed by atoms with Gasteiger partial charge in [-0.1, -0.05) is 31.4 Å². The predicted octanol–water partition coefficient (Wildman–Crippen LogP) is 2.50. The quantitative estimate of drug-likeness (QED) is 0.773. The Hall–Kier alpha value is -1.10. The zero-order valence-electron chi connectivity index (χ0n) is 12.9. The van der Waals surface area contributed by atoms with Crippen LogP contribution in [0.1, 0.15) is 37.7 Å². The molecule has 21 heavy (non-hydrogen) atoms. The van der Waals surface area contributed by atoms with Crippen molar-refractivity contribution < 1.29 is 14.6 Å². The van der Waals surface area contributed by atoms with Crippen molar-refractivity contribution in [2.45, 2.75) is 50.9 Å². The van der Waals surface area contributed by atoms with Gasteiger partial charge in [-0.05, 0) is 30.5 Å². The van der Waals surface area contributed by atoms with E-state index < -0.39 is 6.10 Å². The summed E-state index contributed by atoms with van der Waals surface area (Å²) in [6, 6.07) is 7.94. The maximum absolute atomic E-state index is 9.93. The molecule has 1 aliphatic carbocycles. The van der Waals surface area contributed by atoms with Crippen molar-refractivity contribution >= 4 is 0 Å². The molecule has 1 saturated carbocycles. The molecule has 0 aliphatic heterocycles. The van der Waals surface area contributed by atoms with E-state index in [4.69, 9.17) is 9.47 Å². The topological polar surface area (TPSA) is 50.7 Å². The largest absolute Gasteiger partial charge is 0.497 e. The van der Waals surface area contributed by atoms with Gasteiger partial charge in [-0.3, -0.25) is 0 Å². The van der Waals surface area contributed by atoms with Gasteiger partial charge in [0, 0.05) is 13.1 Å². The van der Waals surface area contributed by atoms with E-state index in [9.17, 15) is 5.11 Å². The van der Waals surface area contributed by atoms with Gasteiger partial charge in [0.15, 0.2) is 0 Å². The van der Waals surface area contributed by atoms with E-state index in [-0.39, 0.29) is 0 Å². The van der Waals surface area contributed by atoms with E-state index in [2.05, 4.69) is 5.32 Å². The molecule has 1 aliphatic rings. The molecule has 0 bridgehead atoms. The van der Waals surface area contributed by atoms with Crippen LogP contribution in [0.2, 0.25) is 0 Å². The summed E-state index contributed by atoms with van der Waals surface area (Å²) in [5.74, 6) is 0.861. The lowest BCUT2D eigenvalue weighted by atomic mass is 9.98. The average Bonchev–Trinajstić information content (AvgIpc) is 2.54. The Labute approximate surface area is 127 Å². The van der Waals surface area contributed by atoms with Crippen LogP contribution in [-0.4, -0.2) is 37.6 Å². The lowest BCUT2D eigenvalue weighted by Crippen LogP contribution is -2.32. The molecule has 0 spiro atoms. The summed E-state index contributed by atoms with van der Waals surface area (Å²) in [6.45, 7) is 1.73. The van der Waals surface area contributed by atoms with Crippen LogP contribution in [0.25, 0.3) is 0 Å². The average molecular weight is 293 g/mol. The number of ether oxygens (including phenoxy) is 2. The highest BCUT2D eigenvalue weighted by Gasteiger charge is 2.15. The first kappa shape index (κ1) is 16.3. The van der Waals surface area contributed by atoms with Crippen molar-refractivity contribution in [3.05, 3.63) is 29.8 Å². The first-order chi connectivity index (χ1) is 10.3. The third-order valence-corrected chi connectivity index (χ3v) is 3.94. The second-order valence-corrected chi connectivity index (χ2v) is 5.73. The maximum Gasteiger partial charge on any atom is 0.118 e. The van der Waals surface area contributed by atoms with Crippen LogP contribution in [-0.2, 0) is 11.3 Å².